The number of hydrogen-bond acceptors (Lipinski definition) is 4. The van der Waals surface area contributed by atoms with E-state index in [-0.39, 0.29) is 18.4 Å². The van der Waals surface area contributed by atoms with Crippen molar-refractivity contribution in [1.82, 2.24) is 10.4 Å². The van der Waals surface area contributed by atoms with Gasteiger partial charge in [-0.25, -0.2) is 0 Å². The fourth-order valence-corrected chi connectivity index (χ4v) is 6.60. The largest absolute Gasteiger partial charge is 0.396 e. The van der Waals surface area contributed by atoms with Crippen molar-refractivity contribution in [2.24, 2.45) is 23.7 Å². The number of amides is 1. The highest BCUT2D eigenvalue weighted by molar-refractivity contribution is 5.82. The monoisotopic (exact) mass is 500 g/mol. The van der Waals surface area contributed by atoms with Gasteiger partial charge in [-0.15, -0.1) is 0 Å². The molecule has 2 saturated carbocycles. The third-order valence-electron chi connectivity index (χ3n) is 8.71. The van der Waals surface area contributed by atoms with Crippen LogP contribution in [0.5, 0.6) is 0 Å². The fourth-order valence-electron chi connectivity index (χ4n) is 6.60. The molecule has 5 unspecified atom stereocenters. The molecule has 3 aliphatic rings. The van der Waals surface area contributed by atoms with Crippen molar-refractivity contribution < 1.29 is 14.7 Å². The number of hydroxylamine groups is 2. The summed E-state index contributed by atoms with van der Waals surface area (Å²) < 4.78 is 0. The van der Waals surface area contributed by atoms with Gasteiger partial charge in [0.05, 0.1) is 19.8 Å². The molecule has 2 aliphatic carbocycles. The third kappa shape index (κ3) is 6.44. The van der Waals surface area contributed by atoms with Crippen molar-refractivity contribution >= 4 is 5.91 Å². The van der Waals surface area contributed by atoms with Gasteiger partial charge in [0.1, 0.15) is 6.04 Å². The van der Waals surface area contributed by atoms with Gasteiger partial charge in [0, 0.05) is 23.6 Å². The second-order valence-corrected chi connectivity index (χ2v) is 11.2. The van der Waals surface area contributed by atoms with Crippen LogP contribution in [-0.4, -0.2) is 41.9 Å². The number of carbonyl (C=O) groups excluding carboxylic acids is 1. The SMILES string of the molecule is Cc1ccc(C#Cc2ccc(CN3OCC(CO)C3C(=O)NCCC3CCC4CCCCC43)cc2)cc1. The van der Waals surface area contributed by atoms with Crippen LogP contribution in [0.3, 0.4) is 0 Å². The van der Waals surface area contributed by atoms with Crippen LogP contribution in [0.1, 0.15) is 67.2 Å². The van der Waals surface area contributed by atoms with E-state index in [0.29, 0.717) is 19.7 Å². The fraction of sp³-hybridized carbons (Fsp3) is 0.531. The maximum atomic E-state index is 13.2. The smallest absolute Gasteiger partial charge is 0.240 e. The number of fused-ring (bicyclic) bond motifs is 1. The Kier molecular flexibility index (Phi) is 8.61. The number of carbonyl (C=O) groups is 1. The minimum atomic E-state index is -0.475. The lowest BCUT2D eigenvalue weighted by atomic mass is 9.77. The molecular weight excluding hydrogens is 460 g/mol. The molecule has 5 atom stereocenters. The Hall–Kier alpha value is -2.65. The first kappa shape index (κ1) is 26.0. The van der Waals surface area contributed by atoms with E-state index >= 15 is 0 Å². The minimum Gasteiger partial charge on any atom is -0.396 e. The molecular formula is C32H40N2O3. The zero-order valence-electron chi connectivity index (χ0n) is 22.0. The Labute approximate surface area is 221 Å². The molecule has 1 saturated heterocycles. The molecule has 0 radical (unpaired) electrons. The van der Waals surface area contributed by atoms with E-state index in [1.165, 1.54) is 44.1 Å². The zero-order chi connectivity index (χ0) is 25.6. The molecule has 1 amide bonds. The molecule has 0 spiro atoms. The highest BCUT2D eigenvalue weighted by atomic mass is 16.7. The van der Waals surface area contributed by atoms with Crippen molar-refractivity contribution in [2.45, 2.75) is 64.5 Å². The normalized spacial score (nSPS) is 27.4. The second-order valence-electron chi connectivity index (χ2n) is 11.2. The van der Waals surface area contributed by atoms with Gasteiger partial charge in [-0.2, -0.15) is 5.06 Å². The predicted molar refractivity (Wildman–Crippen MR) is 145 cm³/mol. The number of nitrogens with zero attached hydrogens (tertiary/aromatic N) is 1. The number of aliphatic hydroxyl groups excluding tert-OH is 1. The molecule has 5 rings (SSSR count). The first-order chi connectivity index (χ1) is 18.1. The summed E-state index contributed by atoms with van der Waals surface area (Å²) in [6, 6.07) is 15.8. The summed E-state index contributed by atoms with van der Waals surface area (Å²) in [7, 11) is 0. The van der Waals surface area contributed by atoms with Gasteiger partial charge in [-0.1, -0.05) is 60.9 Å². The van der Waals surface area contributed by atoms with E-state index in [0.717, 1.165) is 40.9 Å². The van der Waals surface area contributed by atoms with Crippen molar-refractivity contribution in [3.8, 4) is 11.8 Å². The Bertz CT molecular complexity index is 1100. The summed E-state index contributed by atoms with van der Waals surface area (Å²) >= 11 is 0. The lowest BCUT2D eigenvalue weighted by molar-refractivity contribution is -0.157. The van der Waals surface area contributed by atoms with Crippen molar-refractivity contribution in [3.05, 3.63) is 70.8 Å². The molecule has 5 nitrogen and oxygen atoms in total. The van der Waals surface area contributed by atoms with Crippen molar-refractivity contribution in [3.63, 3.8) is 0 Å². The summed E-state index contributed by atoms with van der Waals surface area (Å²) in [5, 5.41) is 14.8. The Balaban J connectivity index is 1.15. The first-order valence-corrected chi connectivity index (χ1v) is 14.1. The van der Waals surface area contributed by atoms with Gasteiger partial charge >= 0.3 is 0 Å². The summed E-state index contributed by atoms with van der Waals surface area (Å²) in [6.07, 6.45) is 9.29. The van der Waals surface area contributed by atoms with E-state index in [4.69, 9.17) is 4.84 Å². The van der Waals surface area contributed by atoms with Gasteiger partial charge < -0.3 is 10.4 Å². The summed E-state index contributed by atoms with van der Waals surface area (Å²) in [5.41, 5.74) is 4.21. The molecule has 2 N–H and O–H groups in total. The van der Waals surface area contributed by atoms with Crippen LogP contribution in [0.25, 0.3) is 0 Å². The topological polar surface area (TPSA) is 61.8 Å². The average molecular weight is 501 g/mol. The van der Waals surface area contributed by atoms with Crippen LogP contribution in [0.4, 0.5) is 0 Å². The van der Waals surface area contributed by atoms with Gasteiger partial charge in [-0.05, 0) is 80.2 Å². The number of rotatable bonds is 7. The lowest BCUT2D eigenvalue weighted by Crippen LogP contribution is -2.47. The molecule has 0 aromatic heterocycles. The van der Waals surface area contributed by atoms with Gasteiger partial charge in [-0.3, -0.25) is 9.63 Å². The highest BCUT2D eigenvalue weighted by Gasteiger charge is 2.41. The molecule has 196 valence electrons. The average Bonchev–Trinajstić information content (AvgIpc) is 3.53. The number of nitrogens with one attached hydrogen (secondary N) is 1. The zero-order valence-corrected chi connectivity index (χ0v) is 22.0. The summed E-state index contributed by atoms with van der Waals surface area (Å²) in [5.74, 6) is 8.72. The van der Waals surface area contributed by atoms with Gasteiger partial charge in [0.2, 0.25) is 5.91 Å². The third-order valence-corrected chi connectivity index (χ3v) is 8.71. The van der Waals surface area contributed by atoms with Crippen LogP contribution in [-0.2, 0) is 16.2 Å². The molecule has 2 aromatic rings. The molecule has 3 fully saturated rings. The van der Waals surface area contributed by atoms with Crippen molar-refractivity contribution in [1.29, 1.82) is 0 Å². The van der Waals surface area contributed by atoms with E-state index < -0.39 is 6.04 Å². The predicted octanol–water partition coefficient (Wildman–Crippen LogP) is 4.84. The van der Waals surface area contributed by atoms with Crippen LogP contribution in [0, 0.1) is 42.4 Å². The number of hydrogen-bond donors (Lipinski definition) is 2. The molecule has 2 aromatic carbocycles. The second kappa shape index (κ2) is 12.3. The van der Waals surface area contributed by atoms with E-state index in [2.05, 4.69) is 36.2 Å². The van der Waals surface area contributed by atoms with E-state index in [9.17, 15) is 9.90 Å². The molecule has 5 heteroatoms. The van der Waals surface area contributed by atoms with Crippen molar-refractivity contribution in [2.75, 3.05) is 19.8 Å². The standard InChI is InChI=1S/C32H40N2O3/c1-23-6-8-24(9-7-23)10-11-25-12-14-26(15-13-25)20-34-31(29(21-35)22-37-34)32(36)33-19-18-28-17-16-27-4-2-3-5-30(27)28/h6-9,12-15,27-31,35H,2-5,16-22H2,1H3,(H,33,36). The highest BCUT2D eigenvalue weighted by Crippen LogP contribution is 2.46. The maximum Gasteiger partial charge on any atom is 0.240 e. The van der Waals surface area contributed by atoms with Crippen LogP contribution < -0.4 is 5.32 Å². The maximum absolute atomic E-state index is 13.2. The summed E-state index contributed by atoms with van der Waals surface area (Å²) in [6.45, 7) is 3.57. The quantitative estimate of drug-likeness (QED) is 0.534. The van der Waals surface area contributed by atoms with Gasteiger partial charge in [0.25, 0.3) is 0 Å². The van der Waals surface area contributed by atoms with Crippen LogP contribution in [0.15, 0.2) is 48.5 Å². The van der Waals surface area contributed by atoms with E-state index in [1.54, 1.807) is 5.06 Å². The molecule has 1 heterocycles. The number of aliphatic hydroxyl groups is 1. The number of benzene rings is 2. The van der Waals surface area contributed by atoms with Crippen LogP contribution >= 0.6 is 0 Å². The van der Waals surface area contributed by atoms with Gasteiger partial charge in [0.15, 0.2) is 0 Å². The van der Waals surface area contributed by atoms with Crippen LogP contribution in [0.2, 0.25) is 0 Å². The molecule has 37 heavy (non-hydrogen) atoms. The molecule has 0 bridgehead atoms. The summed E-state index contributed by atoms with van der Waals surface area (Å²) in [4.78, 5) is 19.1. The molecule has 1 aliphatic heterocycles. The Morgan fingerprint density at radius 2 is 1.68 bits per heavy atom. The minimum absolute atomic E-state index is 0.0321. The Morgan fingerprint density at radius 3 is 2.41 bits per heavy atom. The lowest BCUT2D eigenvalue weighted by Gasteiger charge is -2.29. The Morgan fingerprint density at radius 1 is 0.973 bits per heavy atom. The first-order valence-electron chi connectivity index (χ1n) is 14.1. The number of aryl methyl sites for hydroxylation is 1. The van der Waals surface area contributed by atoms with E-state index in [1.807, 2.05) is 36.4 Å².